The Bertz CT molecular complexity index is 912. The first kappa shape index (κ1) is 20.4. The number of nitrogens with two attached hydrogens (primary N) is 1. The predicted octanol–water partition coefficient (Wildman–Crippen LogP) is 2.32. The Morgan fingerprint density at radius 3 is 2.28 bits per heavy atom. The summed E-state index contributed by atoms with van der Waals surface area (Å²) >= 11 is 0. The lowest BCUT2D eigenvalue weighted by atomic mass is 10.2. The van der Waals surface area contributed by atoms with Crippen LogP contribution in [0.15, 0.2) is 41.4 Å². The fraction of sp³-hybridized carbons (Fsp3) is 0.263. The van der Waals surface area contributed by atoms with Crippen LogP contribution in [0.4, 0.5) is 28.9 Å². The van der Waals surface area contributed by atoms with E-state index in [9.17, 15) is 22.4 Å². The molecule has 1 aliphatic rings. The number of nitrogens with zero attached hydrogens (tertiary/aromatic N) is 3. The molecule has 3 rings (SSSR count). The van der Waals surface area contributed by atoms with E-state index >= 15 is 0 Å². The van der Waals surface area contributed by atoms with E-state index in [0.717, 1.165) is 11.8 Å². The Labute approximate surface area is 164 Å². The average molecular weight is 409 g/mol. The van der Waals surface area contributed by atoms with Gasteiger partial charge in [-0.15, -0.1) is 0 Å². The van der Waals surface area contributed by atoms with Crippen molar-refractivity contribution in [3.05, 3.63) is 59.7 Å². The molecule has 0 aromatic heterocycles. The largest absolute Gasteiger partial charge is 0.370 e. The third kappa shape index (κ3) is 4.95. The van der Waals surface area contributed by atoms with Crippen LogP contribution in [0.3, 0.4) is 0 Å². The summed E-state index contributed by atoms with van der Waals surface area (Å²) in [5.74, 6) is -5.36. The molecule has 6 nitrogen and oxygen atoms in total. The van der Waals surface area contributed by atoms with Gasteiger partial charge in [0.2, 0.25) is 5.91 Å². The summed E-state index contributed by atoms with van der Waals surface area (Å²) in [5.41, 5.74) is 6.33. The van der Waals surface area contributed by atoms with Gasteiger partial charge in [-0.05, 0) is 36.4 Å². The molecule has 154 valence electrons. The lowest BCUT2D eigenvalue weighted by molar-refractivity contribution is -0.114. The molecule has 0 bridgehead atoms. The second-order valence-corrected chi connectivity index (χ2v) is 6.40. The Balaban J connectivity index is 1.52. The van der Waals surface area contributed by atoms with Gasteiger partial charge >= 0.3 is 0 Å². The van der Waals surface area contributed by atoms with E-state index < -0.39 is 35.6 Å². The molecule has 29 heavy (non-hydrogen) atoms. The highest BCUT2D eigenvalue weighted by Crippen LogP contribution is 2.19. The average Bonchev–Trinajstić information content (AvgIpc) is 2.73. The van der Waals surface area contributed by atoms with E-state index in [1.165, 1.54) is 12.1 Å². The summed E-state index contributed by atoms with van der Waals surface area (Å²) in [6.07, 6.45) is 0. The fourth-order valence-corrected chi connectivity index (χ4v) is 2.91. The normalized spacial score (nSPS) is 14.8. The van der Waals surface area contributed by atoms with Crippen molar-refractivity contribution in [1.82, 2.24) is 4.90 Å². The maximum absolute atomic E-state index is 13.6. The van der Waals surface area contributed by atoms with Gasteiger partial charge in [-0.2, -0.15) is 0 Å². The number of carbonyl (C=O) groups excluding carboxylic acids is 1. The molecule has 1 heterocycles. The number of rotatable bonds is 4. The van der Waals surface area contributed by atoms with Gasteiger partial charge in [0.05, 0.1) is 5.69 Å². The highest BCUT2D eigenvalue weighted by atomic mass is 19.2. The van der Waals surface area contributed by atoms with Crippen LogP contribution in [0.25, 0.3) is 0 Å². The van der Waals surface area contributed by atoms with Gasteiger partial charge in [0.1, 0.15) is 12.4 Å². The van der Waals surface area contributed by atoms with Crippen molar-refractivity contribution in [3.8, 4) is 0 Å². The van der Waals surface area contributed by atoms with Crippen molar-refractivity contribution >= 4 is 23.2 Å². The number of benzene rings is 2. The van der Waals surface area contributed by atoms with Gasteiger partial charge in [0, 0.05) is 31.9 Å². The monoisotopic (exact) mass is 409 g/mol. The Kier molecular flexibility index (Phi) is 6.20. The Morgan fingerprint density at radius 1 is 0.966 bits per heavy atom. The molecular formula is C19H19F4N5O. The van der Waals surface area contributed by atoms with E-state index in [4.69, 9.17) is 5.73 Å². The first-order chi connectivity index (χ1) is 13.8. The number of hydrogen-bond acceptors (Lipinski definition) is 3. The number of hydrogen-bond donors (Lipinski definition) is 2. The molecule has 1 amide bonds. The maximum atomic E-state index is 13.6. The zero-order valence-electron chi connectivity index (χ0n) is 15.3. The molecule has 0 spiro atoms. The van der Waals surface area contributed by atoms with Crippen molar-refractivity contribution in [3.63, 3.8) is 0 Å². The molecule has 2 aromatic rings. The second-order valence-electron chi connectivity index (χ2n) is 6.40. The molecule has 2 aromatic carbocycles. The highest BCUT2D eigenvalue weighted by molar-refractivity contribution is 5.94. The van der Waals surface area contributed by atoms with Gasteiger partial charge in [-0.25, -0.2) is 22.6 Å². The van der Waals surface area contributed by atoms with Crippen molar-refractivity contribution in [2.45, 2.75) is 0 Å². The van der Waals surface area contributed by atoms with Crippen LogP contribution < -0.4 is 16.0 Å². The van der Waals surface area contributed by atoms with E-state index in [1.807, 2.05) is 0 Å². The van der Waals surface area contributed by atoms with E-state index in [0.29, 0.717) is 32.2 Å². The Hall–Kier alpha value is -3.30. The molecule has 1 fully saturated rings. The number of nitrogens with one attached hydrogen (secondary N) is 1. The third-order valence-corrected chi connectivity index (χ3v) is 4.49. The van der Waals surface area contributed by atoms with Crippen LogP contribution >= 0.6 is 0 Å². The van der Waals surface area contributed by atoms with E-state index in [-0.39, 0.29) is 11.8 Å². The summed E-state index contributed by atoms with van der Waals surface area (Å²) < 4.78 is 52.7. The van der Waals surface area contributed by atoms with Gasteiger partial charge in [0.15, 0.2) is 23.4 Å². The van der Waals surface area contributed by atoms with Crippen LogP contribution in [0.5, 0.6) is 0 Å². The van der Waals surface area contributed by atoms with E-state index in [1.54, 1.807) is 17.0 Å². The van der Waals surface area contributed by atoms with Crippen molar-refractivity contribution in [1.29, 1.82) is 0 Å². The molecule has 0 saturated carbocycles. The SMILES string of the molecule is NC(=NCC(=O)Nc1ccc(F)c(F)c1F)N1CCN(c2ccc(F)cc2)CC1. The molecule has 0 unspecified atom stereocenters. The van der Waals surface area contributed by atoms with Crippen LogP contribution in [0.1, 0.15) is 0 Å². The molecule has 1 aliphatic heterocycles. The minimum absolute atomic E-state index is 0.143. The maximum Gasteiger partial charge on any atom is 0.246 e. The quantitative estimate of drug-likeness (QED) is 0.352. The van der Waals surface area contributed by atoms with Crippen LogP contribution in [0, 0.1) is 23.3 Å². The number of aliphatic imine (C=N–C) groups is 1. The first-order valence-electron chi connectivity index (χ1n) is 8.84. The molecule has 0 radical (unpaired) electrons. The topological polar surface area (TPSA) is 74.0 Å². The molecule has 0 aliphatic carbocycles. The lowest BCUT2D eigenvalue weighted by Crippen LogP contribution is -2.51. The molecule has 0 atom stereocenters. The molecule has 3 N–H and O–H groups in total. The number of anilines is 2. The number of amides is 1. The standard InChI is InChI=1S/C19H19F4N5O/c20-12-1-3-13(4-2-12)27-7-9-28(10-8-27)19(24)25-11-16(29)26-15-6-5-14(21)17(22)18(15)23/h1-6H,7-11H2,(H2,24,25)(H,26,29). The number of halogens is 4. The van der Waals surface area contributed by atoms with Gasteiger partial charge < -0.3 is 20.9 Å². The molecule has 1 saturated heterocycles. The fourth-order valence-electron chi connectivity index (χ4n) is 2.91. The summed E-state index contributed by atoms with van der Waals surface area (Å²) in [6, 6.07) is 7.83. The van der Waals surface area contributed by atoms with Crippen LogP contribution in [-0.2, 0) is 4.79 Å². The highest BCUT2D eigenvalue weighted by Gasteiger charge is 2.19. The molecular weight excluding hydrogens is 390 g/mol. The summed E-state index contributed by atoms with van der Waals surface area (Å²) in [4.78, 5) is 19.7. The summed E-state index contributed by atoms with van der Waals surface area (Å²) in [7, 11) is 0. The summed E-state index contributed by atoms with van der Waals surface area (Å²) in [6.45, 7) is 1.96. The van der Waals surface area contributed by atoms with Gasteiger partial charge in [-0.3, -0.25) is 4.79 Å². The van der Waals surface area contributed by atoms with E-state index in [2.05, 4.69) is 15.2 Å². The number of piperazine rings is 1. The zero-order chi connectivity index (χ0) is 21.0. The molecule has 10 heteroatoms. The van der Waals surface area contributed by atoms with Crippen molar-refractivity contribution in [2.24, 2.45) is 10.7 Å². The summed E-state index contributed by atoms with van der Waals surface area (Å²) in [5, 5.41) is 2.13. The van der Waals surface area contributed by atoms with Crippen molar-refractivity contribution in [2.75, 3.05) is 42.9 Å². The lowest BCUT2D eigenvalue weighted by Gasteiger charge is -2.36. The predicted molar refractivity (Wildman–Crippen MR) is 102 cm³/mol. The number of guanidine groups is 1. The minimum Gasteiger partial charge on any atom is -0.370 e. The van der Waals surface area contributed by atoms with Crippen LogP contribution in [-0.4, -0.2) is 49.5 Å². The van der Waals surface area contributed by atoms with Gasteiger partial charge in [-0.1, -0.05) is 0 Å². The zero-order valence-corrected chi connectivity index (χ0v) is 15.3. The third-order valence-electron chi connectivity index (χ3n) is 4.49. The van der Waals surface area contributed by atoms with Gasteiger partial charge in [0.25, 0.3) is 0 Å². The second kappa shape index (κ2) is 8.80. The van der Waals surface area contributed by atoms with Crippen molar-refractivity contribution < 1.29 is 22.4 Å². The minimum atomic E-state index is -1.66. The number of carbonyl (C=O) groups is 1. The Morgan fingerprint density at radius 2 is 1.62 bits per heavy atom. The smallest absolute Gasteiger partial charge is 0.246 e. The first-order valence-corrected chi connectivity index (χ1v) is 8.84. The van der Waals surface area contributed by atoms with Crippen LogP contribution in [0.2, 0.25) is 0 Å².